The fourth-order valence-electron chi connectivity index (χ4n) is 7.35. The quantitative estimate of drug-likeness (QED) is 0.191. The van der Waals surface area contributed by atoms with Gasteiger partial charge in [-0.05, 0) is 86.3 Å². The van der Waals surface area contributed by atoms with Gasteiger partial charge in [0.15, 0.2) is 5.58 Å². The third kappa shape index (κ3) is 3.01. The van der Waals surface area contributed by atoms with Gasteiger partial charge in [0.05, 0.1) is 11.0 Å². The van der Waals surface area contributed by atoms with Gasteiger partial charge in [-0.3, -0.25) is 4.40 Å². The molecule has 7 aromatic carbocycles. The largest absolute Gasteiger partial charge is 0.454 e. The van der Waals surface area contributed by atoms with Gasteiger partial charge in [0.2, 0.25) is 0 Å². The Kier molecular flexibility index (Phi) is 4.38. The van der Waals surface area contributed by atoms with Crippen molar-refractivity contribution in [2.75, 3.05) is 0 Å². The molecule has 0 fully saturated rings. The third-order valence-corrected chi connectivity index (χ3v) is 9.26. The summed E-state index contributed by atoms with van der Waals surface area (Å²) in [5.41, 5.74) is 9.51. The normalized spacial score (nSPS) is 12.3. The highest BCUT2D eigenvalue weighted by Crippen LogP contribution is 2.41. The Balaban J connectivity index is 1.31. The predicted molar refractivity (Wildman–Crippen MR) is 180 cm³/mol. The molecule has 0 saturated carbocycles. The van der Waals surface area contributed by atoms with Gasteiger partial charge in [-0.15, -0.1) is 0 Å². The number of hydrogen-bond acceptors (Lipinski definition) is 2. The van der Waals surface area contributed by atoms with Crippen molar-refractivity contribution in [3.63, 3.8) is 0 Å². The van der Waals surface area contributed by atoms with Gasteiger partial charge in [-0.2, -0.15) is 0 Å². The highest BCUT2D eigenvalue weighted by molar-refractivity contribution is 6.26. The van der Waals surface area contributed by atoms with E-state index in [0.29, 0.717) is 0 Å². The first-order valence-corrected chi connectivity index (χ1v) is 14.7. The number of rotatable bonds is 1. The van der Waals surface area contributed by atoms with Crippen LogP contribution in [0.5, 0.6) is 0 Å². The SMILES string of the molecule is Cc1cccc2c3cc(-c4ccc5oc6c7ccccc7c7nc8ccccc8n7c6c5c4)ccc3c3ccccc3c12. The number of benzene rings is 7. The zero-order valence-electron chi connectivity index (χ0n) is 23.4. The molecular weight excluding hydrogens is 524 g/mol. The van der Waals surface area contributed by atoms with E-state index < -0.39 is 0 Å². The standard InChI is InChI=1S/C40H24N2O/c1-23-9-8-14-29-32-21-24(17-19-27(32)26-10-2-3-11-28(26)37(23)29)25-18-20-36-33(22-25)38-39(43-36)30-12-4-5-13-31(30)40-41-34-15-6-7-16-35(34)42(38)40/h2-22H,1H3. The highest BCUT2D eigenvalue weighted by atomic mass is 16.3. The van der Waals surface area contributed by atoms with Gasteiger partial charge in [0, 0.05) is 16.2 Å². The summed E-state index contributed by atoms with van der Waals surface area (Å²) in [5, 5.41) is 11.1. The van der Waals surface area contributed by atoms with E-state index in [1.54, 1.807) is 0 Å². The van der Waals surface area contributed by atoms with Crippen molar-refractivity contribution in [3.8, 4) is 11.1 Å². The van der Waals surface area contributed by atoms with Crippen LogP contribution in [0.4, 0.5) is 0 Å². The van der Waals surface area contributed by atoms with E-state index in [9.17, 15) is 0 Å². The van der Waals surface area contributed by atoms with E-state index in [1.165, 1.54) is 43.4 Å². The van der Waals surface area contributed by atoms with Crippen molar-refractivity contribution in [3.05, 3.63) is 133 Å². The fourth-order valence-corrected chi connectivity index (χ4v) is 7.35. The number of imidazole rings is 1. The van der Waals surface area contributed by atoms with Crippen LogP contribution in [0.25, 0.3) is 93.0 Å². The Morgan fingerprint density at radius 1 is 0.535 bits per heavy atom. The summed E-state index contributed by atoms with van der Waals surface area (Å²) >= 11 is 0. The second-order valence-corrected chi connectivity index (χ2v) is 11.6. The van der Waals surface area contributed by atoms with E-state index in [0.717, 1.165) is 55.1 Å². The monoisotopic (exact) mass is 548 g/mol. The third-order valence-electron chi connectivity index (χ3n) is 9.26. The molecule has 0 aliphatic rings. The Labute approximate surface area is 246 Å². The van der Waals surface area contributed by atoms with Crippen molar-refractivity contribution < 1.29 is 4.42 Å². The Hall–Kier alpha value is -5.67. The van der Waals surface area contributed by atoms with Crippen LogP contribution in [-0.4, -0.2) is 9.38 Å². The van der Waals surface area contributed by atoms with Crippen molar-refractivity contribution in [1.29, 1.82) is 0 Å². The van der Waals surface area contributed by atoms with Gasteiger partial charge in [0.1, 0.15) is 16.7 Å². The molecule has 10 rings (SSSR count). The van der Waals surface area contributed by atoms with Crippen LogP contribution >= 0.6 is 0 Å². The number of furan rings is 1. The molecule has 3 aromatic heterocycles. The number of nitrogens with zero attached hydrogens (tertiary/aromatic N) is 2. The predicted octanol–water partition coefficient (Wildman–Crippen LogP) is 11.0. The molecule has 10 aromatic rings. The molecular formula is C40H24N2O. The average molecular weight is 549 g/mol. The van der Waals surface area contributed by atoms with E-state index in [2.05, 4.69) is 133 Å². The van der Waals surface area contributed by atoms with E-state index in [-0.39, 0.29) is 0 Å². The highest BCUT2D eigenvalue weighted by Gasteiger charge is 2.20. The smallest absolute Gasteiger partial charge is 0.160 e. The Bertz CT molecular complexity index is 2800. The molecule has 3 heteroatoms. The summed E-state index contributed by atoms with van der Waals surface area (Å²) in [6.45, 7) is 2.21. The first-order chi connectivity index (χ1) is 21.2. The van der Waals surface area contributed by atoms with Crippen LogP contribution < -0.4 is 0 Å². The van der Waals surface area contributed by atoms with Gasteiger partial charge in [0.25, 0.3) is 0 Å². The number of fused-ring (bicyclic) bond motifs is 16. The van der Waals surface area contributed by atoms with Crippen molar-refractivity contribution in [2.45, 2.75) is 6.92 Å². The number of para-hydroxylation sites is 2. The van der Waals surface area contributed by atoms with E-state index in [4.69, 9.17) is 9.40 Å². The lowest BCUT2D eigenvalue weighted by molar-refractivity contribution is 0.672. The second kappa shape index (κ2) is 8.21. The van der Waals surface area contributed by atoms with Crippen LogP contribution in [0, 0.1) is 6.92 Å². The molecule has 200 valence electrons. The first-order valence-electron chi connectivity index (χ1n) is 14.7. The number of aryl methyl sites for hydroxylation is 1. The van der Waals surface area contributed by atoms with Crippen molar-refractivity contribution >= 4 is 81.8 Å². The summed E-state index contributed by atoms with van der Waals surface area (Å²) in [5.74, 6) is 0. The lowest BCUT2D eigenvalue weighted by Gasteiger charge is -2.13. The molecule has 0 spiro atoms. The van der Waals surface area contributed by atoms with Crippen molar-refractivity contribution in [2.24, 2.45) is 0 Å². The maximum Gasteiger partial charge on any atom is 0.160 e. The van der Waals surface area contributed by atoms with Crippen LogP contribution in [0.3, 0.4) is 0 Å². The topological polar surface area (TPSA) is 30.4 Å². The maximum atomic E-state index is 6.62. The Morgan fingerprint density at radius 3 is 2.07 bits per heavy atom. The van der Waals surface area contributed by atoms with Crippen LogP contribution in [0.15, 0.2) is 132 Å². The maximum absolute atomic E-state index is 6.62. The first kappa shape index (κ1) is 23.0. The lowest BCUT2D eigenvalue weighted by atomic mass is 9.90. The molecule has 0 unspecified atom stereocenters. The summed E-state index contributed by atoms with van der Waals surface area (Å²) in [6, 6.07) is 45.7. The molecule has 0 radical (unpaired) electrons. The average Bonchev–Trinajstić information content (AvgIpc) is 3.63. The van der Waals surface area contributed by atoms with E-state index >= 15 is 0 Å². The minimum atomic E-state index is 0.877. The molecule has 0 N–H and O–H groups in total. The van der Waals surface area contributed by atoms with Gasteiger partial charge >= 0.3 is 0 Å². The number of aromatic nitrogens is 2. The summed E-state index contributed by atoms with van der Waals surface area (Å²) in [6.07, 6.45) is 0. The molecule has 0 saturated heterocycles. The van der Waals surface area contributed by atoms with Crippen LogP contribution in [-0.2, 0) is 0 Å². The molecule has 3 nitrogen and oxygen atoms in total. The molecule has 0 aliphatic heterocycles. The summed E-state index contributed by atoms with van der Waals surface area (Å²) < 4.78 is 8.91. The summed E-state index contributed by atoms with van der Waals surface area (Å²) in [7, 11) is 0. The van der Waals surface area contributed by atoms with Gasteiger partial charge in [-0.1, -0.05) is 97.1 Å². The minimum Gasteiger partial charge on any atom is -0.454 e. The number of hydrogen-bond donors (Lipinski definition) is 0. The molecule has 0 bridgehead atoms. The molecule has 0 aliphatic carbocycles. The fraction of sp³-hybridized carbons (Fsp3) is 0.0250. The summed E-state index contributed by atoms with van der Waals surface area (Å²) in [4.78, 5) is 5.08. The zero-order valence-corrected chi connectivity index (χ0v) is 23.4. The Morgan fingerprint density at radius 2 is 1.19 bits per heavy atom. The van der Waals surface area contributed by atoms with Crippen molar-refractivity contribution in [1.82, 2.24) is 9.38 Å². The number of pyridine rings is 1. The van der Waals surface area contributed by atoms with Gasteiger partial charge in [-0.25, -0.2) is 4.98 Å². The lowest BCUT2D eigenvalue weighted by Crippen LogP contribution is -1.89. The van der Waals surface area contributed by atoms with Gasteiger partial charge < -0.3 is 4.42 Å². The molecule has 3 heterocycles. The minimum absolute atomic E-state index is 0.877. The molecule has 43 heavy (non-hydrogen) atoms. The van der Waals surface area contributed by atoms with Crippen LogP contribution in [0.2, 0.25) is 0 Å². The molecule has 0 amide bonds. The zero-order chi connectivity index (χ0) is 28.2. The second-order valence-electron chi connectivity index (χ2n) is 11.6. The van der Waals surface area contributed by atoms with Crippen LogP contribution in [0.1, 0.15) is 5.56 Å². The molecule has 0 atom stereocenters. The van der Waals surface area contributed by atoms with E-state index in [1.807, 2.05) is 6.07 Å².